The molecule has 5 nitrogen and oxygen atoms in total. The lowest BCUT2D eigenvalue weighted by Crippen LogP contribution is -2.08. The van der Waals surface area contributed by atoms with Gasteiger partial charge in [-0.1, -0.05) is 24.3 Å². The van der Waals surface area contributed by atoms with Crippen LogP contribution in [-0.4, -0.2) is 28.1 Å². The number of ether oxygens (including phenoxy) is 1. The lowest BCUT2D eigenvalue weighted by Gasteiger charge is -1.99. The summed E-state index contributed by atoms with van der Waals surface area (Å²) in [4.78, 5) is 23.6. The molecule has 0 saturated carbocycles. The van der Waals surface area contributed by atoms with Gasteiger partial charge in [-0.2, -0.15) is 5.10 Å². The molecule has 0 N–H and O–H groups in total. The molecular weight excluding hydrogens is 336 g/mol. The average Bonchev–Trinajstić information content (AvgIpc) is 3.28. The number of ketones is 1. The van der Waals surface area contributed by atoms with Gasteiger partial charge in [0.05, 0.1) is 10.6 Å². The van der Waals surface area contributed by atoms with Crippen LogP contribution in [0.15, 0.2) is 60.1 Å². The number of thiophene rings is 1. The molecule has 3 rings (SSSR count). The summed E-state index contributed by atoms with van der Waals surface area (Å²) in [5.41, 5.74) is 2.51. The molecule has 0 bridgehead atoms. The van der Waals surface area contributed by atoms with Crippen LogP contribution in [0, 0.1) is 0 Å². The summed E-state index contributed by atoms with van der Waals surface area (Å²) < 4.78 is 6.62. The summed E-state index contributed by atoms with van der Waals surface area (Å²) in [6.07, 6.45) is 4.83. The summed E-state index contributed by atoms with van der Waals surface area (Å²) in [5.74, 6) is -0.752. The van der Waals surface area contributed by atoms with Gasteiger partial charge in [0, 0.05) is 17.8 Å². The normalized spacial score (nSPS) is 10.9. The third-order valence-electron chi connectivity index (χ3n) is 3.33. The van der Waals surface area contributed by atoms with E-state index in [-0.39, 0.29) is 12.4 Å². The lowest BCUT2D eigenvalue weighted by molar-refractivity contribution is -0.142. The van der Waals surface area contributed by atoms with Gasteiger partial charge in [-0.15, -0.1) is 11.3 Å². The number of rotatable bonds is 6. The highest BCUT2D eigenvalue weighted by atomic mass is 32.1. The molecule has 0 radical (unpaired) electrons. The van der Waals surface area contributed by atoms with E-state index in [0.717, 1.165) is 21.8 Å². The minimum Gasteiger partial charge on any atom is -0.455 e. The van der Waals surface area contributed by atoms with Crippen molar-refractivity contribution in [1.82, 2.24) is 9.78 Å². The van der Waals surface area contributed by atoms with Crippen LogP contribution in [0.5, 0.6) is 0 Å². The van der Waals surface area contributed by atoms with Crippen molar-refractivity contribution < 1.29 is 14.3 Å². The van der Waals surface area contributed by atoms with E-state index >= 15 is 0 Å². The maximum Gasteiger partial charge on any atom is 0.331 e. The monoisotopic (exact) mass is 352 g/mol. The summed E-state index contributed by atoms with van der Waals surface area (Å²) in [5, 5.41) is 6.62. The van der Waals surface area contributed by atoms with Gasteiger partial charge in [0.1, 0.15) is 12.3 Å². The molecule has 0 aliphatic carbocycles. The second-order valence-electron chi connectivity index (χ2n) is 5.33. The number of carbonyl (C=O) groups excluding carboxylic acids is 2. The number of esters is 1. The van der Waals surface area contributed by atoms with Gasteiger partial charge in [0.2, 0.25) is 0 Å². The zero-order valence-electron chi connectivity index (χ0n) is 13.6. The van der Waals surface area contributed by atoms with E-state index < -0.39 is 5.97 Å². The van der Waals surface area contributed by atoms with E-state index in [1.807, 2.05) is 54.0 Å². The quantitative estimate of drug-likeness (QED) is 0.501. The van der Waals surface area contributed by atoms with Crippen molar-refractivity contribution in [2.45, 2.75) is 6.92 Å². The van der Waals surface area contributed by atoms with Crippen molar-refractivity contribution in [3.63, 3.8) is 0 Å². The molecule has 0 aliphatic heterocycles. The van der Waals surface area contributed by atoms with Gasteiger partial charge in [-0.25, -0.2) is 9.48 Å². The van der Waals surface area contributed by atoms with Crippen LogP contribution in [0.2, 0.25) is 0 Å². The molecule has 126 valence electrons. The van der Waals surface area contributed by atoms with E-state index in [1.54, 1.807) is 22.1 Å². The van der Waals surface area contributed by atoms with Gasteiger partial charge >= 0.3 is 5.97 Å². The first-order valence-corrected chi connectivity index (χ1v) is 8.54. The Hall–Kier alpha value is -2.99. The highest BCUT2D eigenvalue weighted by Crippen LogP contribution is 2.28. The molecule has 3 aromatic rings. The number of carbonyl (C=O) groups is 2. The standard InChI is InChI=1S/C19H16N2O3S/c1-14(22)13-24-18(23)10-9-15-12-21(16-6-3-2-4-7-16)20-19(15)17-8-5-11-25-17/h2-12H,13H2,1H3/b10-9+. The maximum atomic E-state index is 11.7. The van der Waals surface area contributed by atoms with E-state index in [9.17, 15) is 9.59 Å². The number of aromatic nitrogens is 2. The Kier molecular flexibility index (Phi) is 5.20. The topological polar surface area (TPSA) is 61.2 Å². The maximum absolute atomic E-state index is 11.7. The smallest absolute Gasteiger partial charge is 0.331 e. The van der Waals surface area contributed by atoms with Crippen molar-refractivity contribution in [2.75, 3.05) is 6.61 Å². The van der Waals surface area contributed by atoms with Crippen LogP contribution in [0.3, 0.4) is 0 Å². The molecule has 0 spiro atoms. The van der Waals surface area contributed by atoms with Crippen LogP contribution in [0.4, 0.5) is 0 Å². The van der Waals surface area contributed by atoms with Crippen LogP contribution >= 0.6 is 11.3 Å². The van der Waals surface area contributed by atoms with E-state index in [1.165, 1.54) is 13.0 Å². The molecule has 0 amide bonds. The third-order valence-corrected chi connectivity index (χ3v) is 4.21. The van der Waals surface area contributed by atoms with Crippen molar-refractivity contribution in [3.05, 3.63) is 65.7 Å². The predicted octanol–water partition coefficient (Wildman–Crippen LogP) is 3.75. The first-order valence-electron chi connectivity index (χ1n) is 7.67. The van der Waals surface area contributed by atoms with E-state index in [4.69, 9.17) is 4.74 Å². The van der Waals surface area contributed by atoms with Crippen LogP contribution in [0.1, 0.15) is 12.5 Å². The largest absolute Gasteiger partial charge is 0.455 e. The lowest BCUT2D eigenvalue weighted by atomic mass is 10.2. The van der Waals surface area contributed by atoms with Crippen LogP contribution in [-0.2, 0) is 14.3 Å². The molecule has 0 saturated heterocycles. The van der Waals surface area contributed by atoms with Gasteiger partial charge in [0.15, 0.2) is 5.78 Å². The molecule has 0 unspecified atom stereocenters. The van der Waals surface area contributed by atoms with Crippen LogP contribution in [0.25, 0.3) is 22.3 Å². The Morgan fingerprint density at radius 3 is 2.68 bits per heavy atom. The van der Waals surface area contributed by atoms with E-state index in [2.05, 4.69) is 5.10 Å². The van der Waals surface area contributed by atoms with Gasteiger partial charge < -0.3 is 4.74 Å². The highest BCUT2D eigenvalue weighted by Gasteiger charge is 2.12. The average molecular weight is 352 g/mol. The number of hydrogen-bond acceptors (Lipinski definition) is 5. The molecule has 2 heterocycles. The summed E-state index contributed by atoms with van der Waals surface area (Å²) >= 11 is 1.58. The summed E-state index contributed by atoms with van der Waals surface area (Å²) in [6, 6.07) is 13.7. The Morgan fingerprint density at radius 1 is 1.20 bits per heavy atom. The zero-order valence-corrected chi connectivity index (χ0v) is 14.4. The number of benzene rings is 1. The minimum absolute atomic E-state index is 0.196. The Morgan fingerprint density at radius 2 is 2.00 bits per heavy atom. The summed E-state index contributed by atoms with van der Waals surface area (Å²) in [6.45, 7) is 1.15. The second kappa shape index (κ2) is 7.72. The van der Waals surface area contributed by atoms with Gasteiger partial charge in [-0.3, -0.25) is 4.79 Å². The number of hydrogen-bond donors (Lipinski definition) is 0. The first-order chi connectivity index (χ1) is 12.1. The fourth-order valence-corrected chi connectivity index (χ4v) is 2.94. The molecule has 1 aromatic carbocycles. The van der Waals surface area contributed by atoms with Crippen molar-refractivity contribution in [1.29, 1.82) is 0 Å². The van der Waals surface area contributed by atoms with Crippen molar-refractivity contribution >= 4 is 29.2 Å². The third kappa shape index (κ3) is 4.30. The number of nitrogens with zero attached hydrogens (tertiary/aromatic N) is 2. The fraction of sp³-hybridized carbons (Fsp3) is 0.105. The Balaban J connectivity index is 1.90. The van der Waals surface area contributed by atoms with Gasteiger partial charge in [0.25, 0.3) is 0 Å². The number of para-hydroxylation sites is 1. The molecule has 0 fully saturated rings. The molecular formula is C19H16N2O3S. The predicted molar refractivity (Wildman–Crippen MR) is 97.6 cm³/mol. The minimum atomic E-state index is -0.556. The number of Topliss-reactive ketones (excluding diaryl/α,β-unsaturated/α-hetero) is 1. The summed E-state index contributed by atoms with van der Waals surface area (Å²) in [7, 11) is 0. The SMILES string of the molecule is CC(=O)COC(=O)/C=C/c1cn(-c2ccccc2)nc1-c1cccs1. The molecule has 0 aliphatic rings. The zero-order chi connectivity index (χ0) is 17.6. The van der Waals surface area contributed by atoms with Crippen molar-refractivity contribution in [3.8, 4) is 16.3 Å². The fourth-order valence-electron chi connectivity index (χ4n) is 2.21. The van der Waals surface area contributed by atoms with E-state index in [0.29, 0.717) is 0 Å². The first kappa shape index (κ1) is 16.9. The molecule has 25 heavy (non-hydrogen) atoms. The highest BCUT2D eigenvalue weighted by molar-refractivity contribution is 7.13. The van der Waals surface area contributed by atoms with Gasteiger partial charge in [-0.05, 0) is 36.6 Å². The molecule has 2 aromatic heterocycles. The molecule has 6 heteroatoms. The van der Waals surface area contributed by atoms with Crippen molar-refractivity contribution in [2.24, 2.45) is 0 Å². The molecule has 0 atom stereocenters. The Bertz CT molecular complexity index is 896. The van der Waals surface area contributed by atoms with Crippen LogP contribution < -0.4 is 0 Å². The Labute approximate surface area is 149 Å². The second-order valence-corrected chi connectivity index (χ2v) is 6.28.